The predicted octanol–water partition coefficient (Wildman–Crippen LogP) is 4.84. The van der Waals surface area contributed by atoms with Crippen LogP contribution in [0, 0.1) is 0 Å². The molecule has 0 bridgehead atoms. The number of benzene rings is 3. The summed E-state index contributed by atoms with van der Waals surface area (Å²) >= 11 is 1.35. The first-order valence-corrected chi connectivity index (χ1v) is 11.1. The molecular formula is C24H24N4O2S. The summed E-state index contributed by atoms with van der Waals surface area (Å²) in [7, 11) is 1.88. The Morgan fingerprint density at radius 2 is 1.81 bits per heavy atom. The van der Waals surface area contributed by atoms with Crippen LogP contribution in [0.4, 0.5) is 5.69 Å². The van der Waals surface area contributed by atoms with E-state index in [1.807, 2.05) is 66.2 Å². The van der Waals surface area contributed by atoms with E-state index in [2.05, 4.69) is 34.6 Å². The maximum Gasteiger partial charge on any atom is 0.234 e. The normalized spacial score (nSPS) is 10.9. The number of hydrogen-bond donors (Lipinski definition) is 1. The van der Waals surface area contributed by atoms with Crippen LogP contribution in [-0.4, -0.2) is 26.4 Å². The number of thioether (sulfide) groups is 1. The monoisotopic (exact) mass is 432 g/mol. The van der Waals surface area contributed by atoms with E-state index in [0.717, 1.165) is 34.2 Å². The molecule has 0 aliphatic heterocycles. The van der Waals surface area contributed by atoms with E-state index in [1.165, 1.54) is 11.8 Å². The summed E-state index contributed by atoms with van der Waals surface area (Å²) in [6, 6.07) is 21.9. The number of carbonyl (C=O) groups is 1. The van der Waals surface area contributed by atoms with Gasteiger partial charge in [-0.15, -0.1) is 10.2 Å². The van der Waals surface area contributed by atoms with Crippen molar-refractivity contribution in [1.29, 1.82) is 0 Å². The summed E-state index contributed by atoms with van der Waals surface area (Å²) in [4.78, 5) is 12.4. The van der Waals surface area contributed by atoms with Gasteiger partial charge in [0.25, 0.3) is 0 Å². The molecule has 1 heterocycles. The highest BCUT2D eigenvalue weighted by Crippen LogP contribution is 2.26. The molecule has 0 aliphatic carbocycles. The van der Waals surface area contributed by atoms with Crippen LogP contribution in [-0.2, 0) is 24.9 Å². The van der Waals surface area contributed by atoms with Crippen LogP contribution >= 0.6 is 11.8 Å². The Labute approximate surface area is 185 Å². The topological polar surface area (TPSA) is 69.0 Å². The molecular weight excluding hydrogens is 408 g/mol. The van der Waals surface area contributed by atoms with E-state index < -0.39 is 0 Å². The molecule has 0 fully saturated rings. The number of aryl methyl sites for hydroxylation is 1. The Kier molecular flexibility index (Phi) is 6.52. The van der Waals surface area contributed by atoms with Crippen LogP contribution in [0.5, 0.6) is 5.75 Å². The molecule has 31 heavy (non-hydrogen) atoms. The molecule has 0 aliphatic rings. The standard InChI is InChI=1S/C24H24N4O2S/c1-3-17-9-5-7-13-20(17)25-23(29)16-31-24-27-26-22(28(24)2)15-30-21-14-8-11-18-10-4-6-12-19(18)21/h4-14H,3,15-16H2,1-2H3,(H,25,29). The predicted molar refractivity (Wildman–Crippen MR) is 124 cm³/mol. The minimum atomic E-state index is -0.0672. The molecule has 0 atom stereocenters. The third kappa shape index (κ3) is 4.88. The highest BCUT2D eigenvalue weighted by atomic mass is 32.2. The Hall–Kier alpha value is -3.32. The van der Waals surface area contributed by atoms with Gasteiger partial charge in [-0.05, 0) is 29.5 Å². The molecule has 0 spiro atoms. The quantitative estimate of drug-likeness (QED) is 0.404. The molecule has 0 saturated heterocycles. The van der Waals surface area contributed by atoms with Crippen molar-refractivity contribution in [3.63, 3.8) is 0 Å². The lowest BCUT2D eigenvalue weighted by molar-refractivity contribution is -0.113. The summed E-state index contributed by atoms with van der Waals surface area (Å²) in [5.41, 5.74) is 1.98. The van der Waals surface area contributed by atoms with E-state index >= 15 is 0 Å². The second kappa shape index (κ2) is 9.66. The van der Waals surface area contributed by atoms with Gasteiger partial charge in [0, 0.05) is 18.1 Å². The van der Waals surface area contributed by atoms with Crippen molar-refractivity contribution in [2.24, 2.45) is 7.05 Å². The number of carbonyl (C=O) groups excluding carboxylic acids is 1. The van der Waals surface area contributed by atoms with Crippen LogP contribution in [0.3, 0.4) is 0 Å². The Balaban J connectivity index is 1.36. The number of amides is 1. The van der Waals surface area contributed by atoms with Gasteiger partial charge in [0.15, 0.2) is 11.0 Å². The summed E-state index contributed by atoms with van der Waals surface area (Å²) in [5.74, 6) is 1.70. The molecule has 4 aromatic rings. The van der Waals surface area contributed by atoms with Crippen LogP contribution in [0.25, 0.3) is 10.8 Å². The lowest BCUT2D eigenvalue weighted by Gasteiger charge is -2.10. The minimum Gasteiger partial charge on any atom is -0.485 e. The van der Waals surface area contributed by atoms with Crippen molar-refractivity contribution in [3.05, 3.63) is 78.1 Å². The first-order chi connectivity index (χ1) is 15.2. The fourth-order valence-electron chi connectivity index (χ4n) is 3.33. The van der Waals surface area contributed by atoms with Crippen LogP contribution in [0.1, 0.15) is 18.3 Å². The third-order valence-corrected chi connectivity index (χ3v) is 6.06. The highest BCUT2D eigenvalue weighted by Gasteiger charge is 2.13. The van der Waals surface area contributed by atoms with Gasteiger partial charge in [-0.3, -0.25) is 4.79 Å². The molecule has 3 aromatic carbocycles. The van der Waals surface area contributed by atoms with Crippen LogP contribution in [0.2, 0.25) is 0 Å². The van der Waals surface area contributed by atoms with E-state index in [0.29, 0.717) is 17.6 Å². The first-order valence-electron chi connectivity index (χ1n) is 10.1. The lowest BCUT2D eigenvalue weighted by atomic mass is 10.1. The third-order valence-electron chi connectivity index (χ3n) is 5.04. The van der Waals surface area contributed by atoms with Gasteiger partial charge in [-0.2, -0.15) is 0 Å². The SMILES string of the molecule is CCc1ccccc1NC(=O)CSc1nnc(COc2cccc3ccccc23)n1C. The molecule has 7 heteroatoms. The number of nitrogens with one attached hydrogen (secondary N) is 1. The van der Waals surface area contributed by atoms with Gasteiger partial charge in [0.1, 0.15) is 12.4 Å². The molecule has 0 radical (unpaired) electrons. The molecule has 0 unspecified atom stereocenters. The maximum atomic E-state index is 12.4. The van der Waals surface area contributed by atoms with Crippen LogP contribution < -0.4 is 10.1 Å². The zero-order valence-corrected chi connectivity index (χ0v) is 18.4. The van der Waals surface area contributed by atoms with Gasteiger partial charge >= 0.3 is 0 Å². The second-order valence-corrected chi connectivity index (χ2v) is 8.01. The number of rotatable bonds is 8. The molecule has 6 nitrogen and oxygen atoms in total. The lowest BCUT2D eigenvalue weighted by Crippen LogP contribution is -2.15. The number of hydrogen-bond acceptors (Lipinski definition) is 5. The van der Waals surface area contributed by atoms with Gasteiger partial charge in [-0.1, -0.05) is 73.3 Å². The summed E-state index contributed by atoms with van der Waals surface area (Å²) in [5, 5.41) is 14.3. The number of aromatic nitrogens is 3. The average molecular weight is 433 g/mol. The van der Waals surface area contributed by atoms with E-state index in [4.69, 9.17) is 4.74 Å². The molecule has 1 aromatic heterocycles. The molecule has 0 saturated carbocycles. The number of nitrogens with zero attached hydrogens (tertiary/aromatic N) is 3. The van der Waals surface area contributed by atoms with E-state index in [-0.39, 0.29) is 11.7 Å². The minimum absolute atomic E-state index is 0.0672. The zero-order chi connectivity index (χ0) is 21.6. The van der Waals surface area contributed by atoms with Gasteiger partial charge in [-0.25, -0.2) is 0 Å². The summed E-state index contributed by atoms with van der Waals surface area (Å²) in [6.07, 6.45) is 0.868. The van der Waals surface area contributed by atoms with Crippen molar-refractivity contribution in [2.45, 2.75) is 25.1 Å². The van der Waals surface area contributed by atoms with Gasteiger partial charge < -0.3 is 14.6 Å². The highest BCUT2D eigenvalue weighted by molar-refractivity contribution is 7.99. The molecule has 1 N–H and O–H groups in total. The first kappa shape index (κ1) is 20.9. The number of ether oxygens (including phenoxy) is 1. The van der Waals surface area contributed by atoms with Crippen molar-refractivity contribution in [3.8, 4) is 5.75 Å². The van der Waals surface area contributed by atoms with Crippen molar-refractivity contribution in [2.75, 3.05) is 11.1 Å². The largest absolute Gasteiger partial charge is 0.485 e. The van der Waals surface area contributed by atoms with Gasteiger partial charge in [0.05, 0.1) is 5.75 Å². The van der Waals surface area contributed by atoms with E-state index in [9.17, 15) is 4.79 Å². The van der Waals surface area contributed by atoms with Crippen molar-refractivity contribution in [1.82, 2.24) is 14.8 Å². The number of anilines is 1. The van der Waals surface area contributed by atoms with Gasteiger partial charge in [0.2, 0.25) is 5.91 Å². The Morgan fingerprint density at radius 1 is 1.03 bits per heavy atom. The summed E-state index contributed by atoms with van der Waals surface area (Å²) in [6.45, 7) is 2.37. The van der Waals surface area contributed by atoms with Crippen LogP contribution in [0.15, 0.2) is 71.9 Å². The average Bonchev–Trinajstić information content (AvgIpc) is 3.16. The molecule has 158 valence electrons. The number of para-hydroxylation sites is 1. The van der Waals surface area contributed by atoms with Crippen molar-refractivity contribution >= 4 is 34.1 Å². The summed E-state index contributed by atoms with van der Waals surface area (Å²) < 4.78 is 7.88. The fourth-order valence-corrected chi connectivity index (χ4v) is 4.06. The Bertz CT molecular complexity index is 1200. The van der Waals surface area contributed by atoms with E-state index in [1.54, 1.807) is 0 Å². The fraction of sp³-hybridized carbons (Fsp3) is 0.208. The van der Waals surface area contributed by atoms with Crippen molar-refractivity contribution < 1.29 is 9.53 Å². The second-order valence-electron chi connectivity index (χ2n) is 7.07. The molecule has 4 rings (SSSR count). The smallest absolute Gasteiger partial charge is 0.234 e. The Morgan fingerprint density at radius 3 is 2.68 bits per heavy atom. The maximum absolute atomic E-state index is 12.4. The molecule has 1 amide bonds. The number of fused-ring (bicyclic) bond motifs is 1. The zero-order valence-electron chi connectivity index (χ0n) is 17.5.